The minimum Gasteiger partial charge on any atom is -0.354 e. The third-order valence-electron chi connectivity index (χ3n) is 4.44. The number of amides is 1. The Morgan fingerprint density at radius 2 is 1.66 bits per heavy atom. The van der Waals surface area contributed by atoms with Crippen molar-refractivity contribution >= 4 is 17.5 Å². The van der Waals surface area contributed by atoms with E-state index in [1.54, 1.807) is 17.2 Å². The number of hydrogen-bond donors (Lipinski definition) is 1. The average molecular weight is 390 g/mol. The summed E-state index contributed by atoms with van der Waals surface area (Å²) in [5.74, 6) is 0.320. The second-order valence-electron chi connectivity index (χ2n) is 7.06. The monoisotopic (exact) mass is 389 g/mol. The highest BCUT2D eigenvalue weighted by Crippen LogP contribution is 2.19. The van der Waals surface area contributed by atoms with Crippen LogP contribution in [0.5, 0.6) is 0 Å². The van der Waals surface area contributed by atoms with E-state index in [0.717, 1.165) is 30.8 Å². The van der Waals surface area contributed by atoms with Crippen LogP contribution < -0.4 is 10.2 Å². The average Bonchev–Trinajstić information content (AvgIpc) is 2.76. The maximum absolute atomic E-state index is 13.3. The van der Waals surface area contributed by atoms with Gasteiger partial charge in [-0.05, 0) is 50.8 Å². The molecule has 3 rings (SSSR count). The summed E-state index contributed by atoms with van der Waals surface area (Å²) in [7, 11) is 4.08. The SMILES string of the molecule is CN(C)CCCNc1nccc(C(=O)N(Cc2ccccc2)c2ccccc2)n1. The quantitative estimate of drug-likeness (QED) is 0.566. The predicted molar refractivity (Wildman–Crippen MR) is 117 cm³/mol. The molecule has 3 aromatic rings. The van der Waals surface area contributed by atoms with Gasteiger partial charge in [0, 0.05) is 18.4 Å². The molecule has 2 aromatic carbocycles. The molecule has 0 unspecified atom stereocenters. The third kappa shape index (κ3) is 6.12. The molecule has 1 N–H and O–H groups in total. The summed E-state index contributed by atoms with van der Waals surface area (Å²) in [4.78, 5) is 25.9. The minimum atomic E-state index is -0.154. The normalized spacial score (nSPS) is 10.7. The maximum atomic E-state index is 13.3. The molecule has 0 radical (unpaired) electrons. The molecule has 0 fully saturated rings. The van der Waals surface area contributed by atoms with E-state index in [0.29, 0.717) is 18.2 Å². The van der Waals surface area contributed by atoms with Crippen LogP contribution in [0.4, 0.5) is 11.6 Å². The van der Waals surface area contributed by atoms with E-state index in [1.807, 2.05) is 74.8 Å². The molecular weight excluding hydrogens is 362 g/mol. The lowest BCUT2D eigenvalue weighted by molar-refractivity contribution is 0.0980. The number of aromatic nitrogens is 2. The molecule has 1 heterocycles. The number of carbonyl (C=O) groups is 1. The molecule has 0 aliphatic rings. The van der Waals surface area contributed by atoms with Gasteiger partial charge in [0.2, 0.25) is 5.95 Å². The van der Waals surface area contributed by atoms with Crippen LogP contribution in [0.15, 0.2) is 72.9 Å². The highest BCUT2D eigenvalue weighted by Gasteiger charge is 2.20. The molecule has 6 heteroatoms. The molecule has 0 aliphatic heterocycles. The molecule has 150 valence electrons. The van der Waals surface area contributed by atoms with E-state index in [2.05, 4.69) is 20.2 Å². The Morgan fingerprint density at radius 1 is 0.966 bits per heavy atom. The van der Waals surface area contributed by atoms with Crippen molar-refractivity contribution in [2.24, 2.45) is 0 Å². The zero-order valence-corrected chi connectivity index (χ0v) is 17.0. The zero-order chi connectivity index (χ0) is 20.5. The molecule has 1 aromatic heterocycles. The van der Waals surface area contributed by atoms with Gasteiger partial charge in [-0.25, -0.2) is 9.97 Å². The highest BCUT2D eigenvalue weighted by molar-refractivity contribution is 6.04. The highest BCUT2D eigenvalue weighted by atomic mass is 16.2. The first-order valence-corrected chi connectivity index (χ1v) is 9.76. The molecular formula is C23H27N5O. The Hall–Kier alpha value is -3.25. The lowest BCUT2D eigenvalue weighted by Crippen LogP contribution is -2.31. The van der Waals surface area contributed by atoms with Crippen LogP contribution in [0.25, 0.3) is 0 Å². The Morgan fingerprint density at radius 3 is 2.34 bits per heavy atom. The number of para-hydroxylation sites is 1. The van der Waals surface area contributed by atoms with Crippen molar-refractivity contribution in [3.8, 4) is 0 Å². The van der Waals surface area contributed by atoms with E-state index in [-0.39, 0.29) is 5.91 Å². The molecule has 0 bridgehead atoms. The summed E-state index contributed by atoms with van der Waals surface area (Å²) in [6, 6.07) is 21.3. The van der Waals surface area contributed by atoms with Crippen LogP contribution in [-0.2, 0) is 6.54 Å². The predicted octanol–water partition coefficient (Wildman–Crippen LogP) is 3.69. The molecule has 0 aliphatic carbocycles. The van der Waals surface area contributed by atoms with Crippen molar-refractivity contribution in [2.75, 3.05) is 37.4 Å². The van der Waals surface area contributed by atoms with Crippen LogP contribution in [0.3, 0.4) is 0 Å². The number of nitrogens with zero attached hydrogens (tertiary/aromatic N) is 4. The van der Waals surface area contributed by atoms with Crippen molar-refractivity contribution in [3.05, 3.63) is 84.2 Å². The Balaban J connectivity index is 1.78. The number of anilines is 2. The van der Waals surface area contributed by atoms with Gasteiger partial charge in [-0.3, -0.25) is 4.79 Å². The van der Waals surface area contributed by atoms with Crippen molar-refractivity contribution < 1.29 is 4.79 Å². The Bertz CT molecular complexity index is 899. The van der Waals surface area contributed by atoms with E-state index < -0.39 is 0 Å². The lowest BCUT2D eigenvalue weighted by Gasteiger charge is -2.23. The van der Waals surface area contributed by atoms with Gasteiger partial charge in [0.25, 0.3) is 5.91 Å². The summed E-state index contributed by atoms with van der Waals surface area (Å²) in [6.45, 7) is 2.20. The minimum absolute atomic E-state index is 0.154. The fourth-order valence-electron chi connectivity index (χ4n) is 2.95. The van der Waals surface area contributed by atoms with Gasteiger partial charge in [-0.15, -0.1) is 0 Å². The van der Waals surface area contributed by atoms with Gasteiger partial charge in [0.15, 0.2) is 0 Å². The third-order valence-corrected chi connectivity index (χ3v) is 4.44. The van der Waals surface area contributed by atoms with Gasteiger partial charge in [-0.2, -0.15) is 0 Å². The fourth-order valence-corrected chi connectivity index (χ4v) is 2.95. The van der Waals surface area contributed by atoms with Crippen molar-refractivity contribution in [2.45, 2.75) is 13.0 Å². The van der Waals surface area contributed by atoms with Gasteiger partial charge >= 0.3 is 0 Å². The second-order valence-corrected chi connectivity index (χ2v) is 7.06. The summed E-state index contributed by atoms with van der Waals surface area (Å²) in [5.41, 5.74) is 2.26. The molecule has 6 nitrogen and oxygen atoms in total. The van der Waals surface area contributed by atoms with E-state index >= 15 is 0 Å². The smallest absolute Gasteiger partial charge is 0.277 e. The van der Waals surface area contributed by atoms with Crippen LogP contribution >= 0.6 is 0 Å². The number of rotatable bonds is 9. The maximum Gasteiger partial charge on any atom is 0.277 e. The Kier molecular flexibility index (Phi) is 7.30. The van der Waals surface area contributed by atoms with E-state index in [1.165, 1.54) is 0 Å². The standard InChI is InChI=1S/C23H27N5O/c1-27(2)17-9-15-24-23-25-16-14-21(26-23)22(29)28(20-12-7-4-8-13-20)18-19-10-5-3-6-11-19/h3-8,10-14,16H,9,15,17-18H2,1-2H3,(H,24,25,26). The number of hydrogen-bond acceptors (Lipinski definition) is 5. The summed E-state index contributed by atoms with van der Waals surface area (Å²) >= 11 is 0. The van der Waals surface area contributed by atoms with Crippen molar-refractivity contribution in [1.82, 2.24) is 14.9 Å². The van der Waals surface area contributed by atoms with Crippen molar-refractivity contribution in [1.29, 1.82) is 0 Å². The molecule has 0 saturated heterocycles. The largest absolute Gasteiger partial charge is 0.354 e. The van der Waals surface area contributed by atoms with E-state index in [4.69, 9.17) is 0 Å². The Labute approximate surface area is 172 Å². The summed E-state index contributed by atoms with van der Waals surface area (Å²) in [6.07, 6.45) is 2.60. The van der Waals surface area contributed by atoms with Crippen LogP contribution in [0, 0.1) is 0 Å². The van der Waals surface area contributed by atoms with Crippen LogP contribution in [0.1, 0.15) is 22.5 Å². The number of benzene rings is 2. The van der Waals surface area contributed by atoms with E-state index in [9.17, 15) is 4.79 Å². The fraction of sp³-hybridized carbons (Fsp3) is 0.261. The van der Waals surface area contributed by atoms with Gasteiger partial charge in [0.1, 0.15) is 5.69 Å². The van der Waals surface area contributed by atoms with Crippen molar-refractivity contribution in [3.63, 3.8) is 0 Å². The topological polar surface area (TPSA) is 61.4 Å². The van der Waals surface area contributed by atoms with Gasteiger partial charge < -0.3 is 15.1 Å². The van der Waals surface area contributed by atoms with Crippen LogP contribution in [0.2, 0.25) is 0 Å². The molecule has 1 amide bonds. The van der Waals surface area contributed by atoms with Crippen LogP contribution in [-0.4, -0.2) is 48.0 Å². The molecule has 0 atom stereocenters. The lowest BCUT2D eigenvalue weighted by atomic mass is 10.2. The van der Waals surface area contributed by atoms with Gasteiger partial charge in [0.05, 0.1) is 6.54 Å². The first-order chi connectivity index (χ1) is 14.1. The summed E-state index contributed by atoms with van der Waals surface area (Å²) < 4.78 is 0. The molecule has 29 heavy (non-hydrogen) atoms. The number of nitrogens with one attached hydrogen (secondary N) is 1. The first kappa shape index (κ1) is 20.5. The zero-order valence-electron chi connectivity index (χ0n) is 17.0. The number of carbonyl (C=O) groups excluding carboxylic acids is 1. The first-order valence-electron chi connectivity index (χ1n) is 9.76. The summed E-state index contributed by atoms with van der Waals surface area (Å²) in [5, 5.41) is 3.20. The molecule has 0 saturated carbocycles. The second kappa shape index (κ2) is 10.3. The molecule has 0 spiro atoms. The van der Waals surface area contributed by atoms with Gasteiger partial charge in [-0.1, -0.05) is 48.5 Å².